The molecule has 0 aliphatic rings. The lowest BCUT2D eigenvalue weighted by atomic mass is 9.90. The van der Waals surface area contributed by atoms with Crippen molar-refractivity contribution >= 4 is 11.9 Å². The Hall–Kier alpha value is -1.06. The third-order valence-corrected chi connectivity index (χ3v) is 8.74. The molecule has 0 aromatic rings. The van der Waals surface area contributed by atoms with E-state index in [1.54, 1.807) is 0 Å². The summed E-state index contributed by atoms with van der Waals surface area (Å²) in [6.45, 7) is 2.28. The first-order chi connectivity index (χ1) is 19.6. The van der Waals surface area contributed by atoms with Crippen LogP contribution in [0, 0.1) is 5.92 Å². The number of rotatable bonds is 34. The van der Waals surface area contributed by atoms with Gasteiger partial charge in [-0.3, -0.25) is 9.59 Å². The Balaban J connectivity index is 3.55. The monoisotopic (exact) mass is 567 g/mol. The van der Waals surface area contributed by atoms with Gasteiger partial charge in [-0.2, -0.15) is 0 Å². The molecule has 4 nitrogen and oxygen atoms in total. The van der Waals surface area contributed by atoms with Crippen molar-refractivity contribution in [1.82, 2.24) is 0 Å². The maximum absolute atomic E-state index is 11.1. The summed E-state index contributed by atoms with van der Waals surface area (Å²) in [6.07, 6.45) is 39.7. The molecule has 0 radical (unpaired) electrons. The molecule has 1 atom stereocenters. The Morgan fingerprint density at radius 3 is 0.950 bits per heavy atom. The number of carbonyl (C=O) groups is 2. The second kappa shape index (κ2) is 32.5. The molecule has 0 saturated carbocycles. The number of hydrogen-bond donors (Lipinski definition) is 2. The van der Waals surface area contributed by atoms with Crippen molar-refractivity contribution in [2.75, 3.05) is 0 Å². The van der Waals surface area contributed by atoms with Crippen LogP contribution >= 0.6 is 0 Å². The Morgan fingerprint density at radius 1 is 0.375 bits per heavy atom. The van der Waals surface area contributed by atoms with Gasteiger partial charge in [-0.15, -0.1) is 0 Å². The molecule has 0 aromatic carbocycles. The molecular formula is C36H70O4. The van der Waals surface area contributed by atoms with Crippen molar-refractivity contribution in [1.29, 1.82) is 0 Å². The van der Waals surface area contributed by atoms with Gasteiger partial charge in [-0.1, -0.05) is 187 Å². The van der Waals surface area contributed by atoms with E-state index < -0.39 is 11.9 Å². The number of carboxylic acid groups (broad SMARTS) is 2. The predicted molar refractivity (Wildman–Crippen MR) is 172 cm³/mol. The zero-order valence-corrected chi connectivity index (χ0v) is 26.9. The number of hydrogen-bond acceptors (Lipinski definition) is 2. The van der Waals surface area contributed by atoms with Gasteiger partial charge in [-0.05, 0) is 18.8 Å². The van der Waals surface area contributed by atoms with Crippen LogP contribution in [-0.4, -0.2) is 22.2 Å². The third kappa shape index (κ3) is 33.1. The molecule has 1 unspecified atom stereocenters. The minimum absolute atomic E-state index is 0.326. The van der Waals surface area contributed by atoms with E-state index >= 15 is 0 Å². The molecule has 2 N–H and O–H groups in total. The molecule has 0 aliphatic heterocycles. The topological polar surface area (TPSA) is 74.6 Å². The molecule has 0 aromatic heterocycles. The molecular weight excluding hydrogens is 496 g/mol. The second-order valence-electron chi connectivity index (χ2n) is 12.7. The van der Waals surface area contributed by atoms with E-state index in [4.69, 9.17) is 10.2 Å². The lowest BCUT2D eigenvalue weighted by Gasteiger charge is -2.16. The predicted octanol–water partition coefficient (Wildman–Crippen LogP) is 12.3. The lowest BCUT2D eigenvalue weighted by Crippen LogP contribution is -2.05. The average Bonchev–Trinajstić information content (AvgIpc) is 2.93. The van der Waals surface area contributed by atoms with E-state index in [1.165, 1.54) is 173 Å². The van der Waals surface area contributed by atoms with Crippen LogP contribution in [0.1, 0.15) is 212 Å². The Labute approximate surface area is 249 Å². The van der Waals surface area contributed by atoms with E-state index in [1.807, 2.05) is 0 Å². The third-order valence-electron chi connectivity index (χ3n) is 8.74. The Morgan fingerprint density at radius 2 is 0.650 bits per heavy atom. The van der Waals surface area contributed by atoms with Crippen LogP contribution in [0.15, 0.2) is 0 Å². The quantitative estimate of drug-likeness (QED) is 0.0759. The summed E-state index contributed by atoms with van der Waals surface area (Å²) in [5, 5.41) is 17.8. The smallest absolute Gasteiger partial charge is 0.303 e. The average molecular weight is 567 g/mol. The van der Waals surface area contributed by atoms with Gasteiger partial charge in [-0.25, -0.2) is 0 Å². The van der Waals surface area contributed by atoms with Crippen molar-refractivity contribution in [3.63, 3.8) is 0 Å². The molecule has 0 bridgehead atoms. The van der Waals surface area contributed by atoms with Crippen LogP contribution in [-0.2, 0) is 9.59 Å². The van der Waals surface area contributed by atoms with Crippen LogP contribution in [0.3, 0.4) is 0 Å². The van der Waals surface area contributed by atoms with Crippen LogP contribution in [0.4, 0.5) is 0 Å². The largest absolute Gasteiger partial charge is 0.481 e. The van der Waals surface area contributed by atoms with Crippen molar-refractivity contribution in [3.8, 4) is 0 Å². The highest BCUT2D eigenvalue weighted by atomic mass is 16.4. The zero-order valence-electron chi connectivity index (χ0n) is 26.9. The molecule has 0 rings (SSSR count). The first-order valence-electron chi connectivity index (χ1n) is 18.0. The summed E-state index contributed by atoms with van der Waals surface area (Å²) in [5.74, 6) is -0.682. The SMILES string of the molecule is CCCCCCCCCCCCCCC(CCCCCCCCCCCCCCCCCC(=O)O)CCC(=O)O. The fourth-order valence-corrected chi connectivity index (χ4v) is 6.04. The van der Waals surface area contributed by atoms with Gasteiger partial charge in [0.25, 0.3) is 0 Å². The molecule has 0 saturated heterocycles. The minimum atomic E-state index is -0.665. The maximum atomic E-state index is 11.1. The van der Waals surface area contributed by atoms with E-state index in [-0.39, 0.29) is 0 Å². The van der Waals surface area contributed by atoms with Gasteiger partial charge >= 0.3 is 11.9 Å². The van der Waals surface area contributed by atoms with Gasteiger partial charge in [0.05, 0.1) is 0 Å². The molecule has 0 aliphatic carbocycles. The van der Waals surface area contributed by atoms with Crippen LogP contribution in [0.2, 0.25) is 0 Å². The molecule has 0 fully saturated rings. The lowest BCUT2D eigenvalue weighted by molar-refractivity contribution is -0.138. The molecule has 0 heterocycles. The second-order valence-corrected chi connectivity index (χ2v) is 12.7. The Bertz CT molecular complexity index is 533. The Kier molecular flexibility index (Phi) is 31.6. The van der Waals surface area contributed by atoms with E-state index in [0.717, 1.165) is 19.3 Å². The first-order valence-corrected chi connectivity index (χ1v) is 18.0. The van der Waals surface area contributed by atoms with Crippen LogP contribution in [0.25, 0.3) is 0 Å². The van der Waals surface area contributed by atoms with Crippen molar-refractivity contribution < 1.29 is 19.8 Å². The van der Waals surface area contributed by atoms with Gasteiger partial charge in [0.15, 0.2) is 0 Å². The summed E-state index contributed by atoms with van der Waals surface area (Å²) in [7, 11) is 0. The standard InChI is InChI=1S/C36H70O4/c1-2-3-4-5-6-7-8-14-17-20-23-26-29-34(32-33-36(39)40)30-27-24-21-18-15-12-10-9-11-13-16-19-22-25-28-31-35(37)38/h34H,2-33H2,1H3,(H,37,38)(H,39,40). The summed E-state index contributed by atoms with van der Waals surface area (Å²) in [5.41, 5.74) is 0. The highest BCUT2D eigenvalue weighted by molar-refractivity contribution is 5.66. The summed E-state index contributed by atoms with van der Waals surface area (Å²) in [4.78, 5) is 21.6. The van der Waals surface area contributed by atoms with Crippen molar-refractivity contribution in [2.45, 2.75) is 212 Å². The van der Waals surface area contributed by atoms with Gasteiger partial charge < -0.3 is 10.2 Å². The van der Waals surface area contributed by atoms with Crippen LogP contribution < -0.4 is 0 Å². The minimum Gasteiger partial charge on any atom is -0.481 e. The number of unbranched alkanes of at least 4 members (excludes halogenated alkanes) is 25. The molecule has 0 amide bonds. The molecule has 4 heteroatoms. The summed E-state index contributed by atoms with van der Waals surface area (Å²) >= 11 is 0. The zero-order chi connectivity index (χ0) is 29.4. The van der Waals surface area contributed by atoms with E-state index in [2.05, 4.69) is 6.92 Å². The van der Waals surface area contributed by atoms with E-state index in [9.17, 15) is 9.59 Å². The van der Waals surface area contributed by atoms with Gasteiger partial charge in [0.2, 0.25) is 0 Å². The van der Waals surface area contributed by atoms with Gasteiger partial charge in [0, 0.05) is 12.8 Å². The van der Waals surface area contributed by atoms with Crippen molar-refractivity contribution in [3.05, 3.63) is 0 Å². The first kappa shape index (κ1) is 38.9. The number of aliphatic carboxylic acids is 2. The van der Waals surface area contributed by atoms with Gasteiger partial charge in [0.1, 0.15) is 0 Å². The van der Waals surface area contributed by atoms with E-state index in [0.29, 0.717) is 18.8 Å². The molecule has 0 spiro atoms. The molecule has 238 valence electrons. The molecule has 40 heavy (non-hydrogen) atoms. The highest BCUT2D eigenvalue weighted by Gasteiger charge is 2.11. The summed E-state index contributed by atoms with van der Waals surface area (Å²) in [6, 6.07) is 0. The number of carboxylic acids is 2. The fourth-order valence-electron chi connectivity index (χ4n) is 6.04. The fraction of sp³-hybridized carbons (Fsp3) is 0.944. The van der Waals surface area contributed by atoms with Crippen molar-refractivity contribution in [2.24, 2.45) is 5.92 Å². The van der Waals surface area contributed by atoms with Crippen LogP contribution in [0.5, 0.6) is 0 Å². The normalized spacial score (nSPS) is 12.1. The maximum Gasteiger partial charge on any atom is 0.303 e. The highest BCUT2D eigenvalue weighted by Crippen LogP contribution is 2.24. The summed E-state index contributed by atoms with van der Waals surface area (Å²) < 4.78 is 0.